The maximum absolute atomic E-state index is 12.5. The van der Waals surface area contributed by atoms with Crippen LogP contribution < -0.4 is 5.32 Å². The molecule has 3 N–H and O–H groups in total. The highest BCUT2D eigenvalue weighted by Crippen LogP contribution is 2.21. The second-order valence-corrected chi connectivity index (χ2v) is 28.8. The van der Waals surface area contributed by atoms with Gasteiger partial charge in [-0.2, -0.15) is 0 Å². The lowest BCUT2D eigenvalue weighted by atomic mass is 10.0. The minimum Gasteiger partial charge on any atom is -0.466 e. The fourth-order valence-electron chi connectivity index (χ4n) is 13.6. The van der Waals surface area contributed by atoms with Crippen molar-refractivity contribution in [2.75, 3.05) is 13.2 Å². The SMILES string of the molecule is CCCCCCCCCCCCCCCCCCCC(=O)OCCCCCCCCCCCCCCCCCCCCCCCCCCCCCCCCCCCCCCCCCC(=O)NC(CO)C(O)CCCCCCCCCCCCCCCCC. The number of unbranched alkanes of at least 4 members (excludes halogenated alkanes) is 68. The van der Waals surface area contributed by atoms with E-state index in [2.05, 4.69) is 19.2 Å². The van der Waals surface area contributed by atoms with Crippen LogP contribution in [0, 0.1) is 0 Å². The third-order valence-electron chi connectivity index (χ3n) is 19.9. The lowest BCUT2D eigenvalue weighted by Gasteiger charge is -2.22. The molecule has 6 heteroatoms. The Morgan fingerprint density at radius 1 is 0.273 bits per heavy atom. The van der Waals surface area contributed by atoms with Crippen LogP contribution in [0.3, 0.4) is 0 Å². The van der Waals surface area contributed by atoms with Crippen molar-refractivity contribution in [1.82, 2.24) is 5.32 Å². The van der Waals surface area contributed by atoms with E-state index in [9.17, 15) is 19.8 Å². The van der Waals surface area contributed by atoms with Crippen LogP contribution in [-0.2, 0) is 14.3 Å². The highest BCUT2D eigenvalue weighted by molar-refractivity contribution is 5.76. The summed E-state index contributed by atoms with van der Waals surface area (Å²) in [6.45, 7) is 5.02. The lowest BCUT2D eigenvalue weighted by Crippen LogP contribution is -2.45. The number of carbonyl (C=O) groups excluding carboxylic acids is 2. The van der Waals surface area contributed by atoms with Gasteiger partial charge in [-0.25, -0.2) is 0 Å². The maximum atomic E-state index is 12.5. The van der Waals surface area contributed by atoms with Crippen LogP contribution in [0.2, 0.25) is 0 Å². The lowest BCUT2D eigenvalue weighted by molar-refractivity contribution is -0.143. The van der Waals surface area contributed by atoms with E-state index in [1.54, 1.807) is 0 Å². The van der Waals surface area contributed by atoms with Gasteiger partial charge in [-0.1, -0.05) is 450 Å². The van der Waals surface area contributed by atoms with Crippen molar-refractivity contribution in [2.45, 2.75) is 501 Å². The normalized spacial score (nSPS) is 12.4. The first kappa shape index (κ1) is 86.9. The number of rotatable bonds is 79. The molecule has 0 aliphatic carbocycles. The summed E-state index contributed by atoms with van der Waals surface area (Å²) in [5, 5.41) is 23.4. The molecular weight excluding hydrogens is 1080 g/mol. The van der Waals surface area contributed by atoms with Crippen molar-refractivity contribution in [3.05, 3.63) is 0 Å². The Labute approximate surface area is 553 Å². The summed E-state index contributed by atoms with van der Waals surface area (Å²) >= 11 is 0. The molecule has 0 fully saturated rings. The molecule has 0 radical (unpaired) electrons. The molecule has 0 bridgehead atoms. The van der Waals surface area contributed by atoms with E-state index in [4.69, 9.17) is 4.74 Å². The maximum Gasteiger partial charge on any atom is 0.305 e. The smallest absolute Gasteiger partial charge is 0.305 e. The van der Waals surface area contributed by atoms with Gasteiger partial charge in [0.2, 0.25) is 5.91 Å². The first-order chi connectivity index (χ1) is 43.5. The predicted octanol–water partition coefficient (Wildman–Crippen LogP) is 27.3. The second-order valence-electron chi connectivity index (χ2n) is 28.8. The molecule has 0 saturated carbocycles. The van der Waals surface area contributed by atoms with Gasteiger partial charge in [-0.15, -0.1) is 0 Å². The number of nitrogens with one attached hydrogen (secondary N) is 1. The van der Waals surface area contributed by atoms with Crippen LogP contribution >= 0.6 is 0 Å². The summed E-state index contributed by atoms with van der Waals surface area (Å²) < 4.78 is 5.52. The van der Waals surface area contributed by atoms with E-state index in [0.29, 0.717) is 25.9 Å². The Kier molecular flexibility index (Phi) is 77.3. The highest BCUT2D eigenvalue weighted by Gasteiger charge is 2.20. The summed E-state index contributed by atoms with van der Waals surface area (Å²) in [6.07, 6.45) is 98.0. The van der Waals surface area contributed by atoms with Gasteiger partial charge >= 0.3 is 5.97 Å². The van der Waals surface area contributed by atoms with E-state index in [-0.39, 0.29) is 18.5 Å². The zero-order valence-electron chi connectivity index (χ0n) is 60.5. The fourth-order valence-corrected chi connectivity index (χ4v) is 13.6. The summed E-state index contributed by atoms with van der Waals surface area (Å²) in [4.78, 5) is 24.6. The van der Waals surface area contributed by atoms with E-state index in [1.807, 2.05) is 0 Å². The van der Waals surface area contributed by atoms with Crippen LogP contribution in [0.15, 0.2) is 0 Å². The Balaban J connectivity index is 3.26. The Morgan fingerprint density at radius 2 is 0.466 bits per heavy atom. The summed E-state index contributed by atoms with van der Waals surface area (Å²) in [7, 11) is 0. The Bertz CT molecular complexity index is 1290. The molecule has 0 aliphatic heterocycles. The van der Waals surface area contributed by atoms with E-state index in [0.717, 1.165) is 38.5 Å². The zero-order valence-corrected chi connectivity index (χ0v) is 60.5. The quantitative estimate of drug-likeness (QED) is 0.0417. The third kappa shape index (κ3) is 73.9. The molecule has 6 nitrogen and oxygen atoms in total. The Hall–Kier alpha value is -1.14. The number of aliphatic hydroxyl groups is 2. The van der Waals surface area contributed by atoms with Crippen molar-refractivity contribution in [2.24, 2.45) is 0 Å². The van der Waals surface area contributed by atoms with E-state index in [1.165, 1.54) is 417 Å². The van der Waals surface area contributed by atoms with Gasteiger partial charge in [0.25, 0.3) is 0 Å². The highest BCUT2D eigenvalue weighted by atomic mass is 16.5. The van der Waals surface area contributed by atoms with Crippen LogP contribution in [0.4, 0.5) is 0 Å². The van der Waals surface area contributed by atoms with Crippen molar-refractivity contribution in [1.29, 1.82) is 0 Å². The number of ether oxygens (including phenoxy) is 1. The van der Waals surface area contributed by atoms with Crippen molar-refractivity contribution < 1.29 is 24.5 Å². The standard InChI is InChI=1S/C82H163NO5/c1-3-5-7-9-11-13-15-17-19-43-48-52-56-60-64-68-72-76-82(87)88-77-73-69-65-61-57-53-49-45-42-40-38-36-34-32-30-28-26-24-22-20-21-23-25-27-29-31-33-35-37-39-41-44-47-51-55-59-63-67-71-75-81(86)83-79(78-84)80(85)74-70-66-62-58-54-50-46-18-16-14-12-10-8-6-4-2/h79-80,84-85H,3-78H2,1-2H3,(H,83,86). The van der Waals surface area contributed by atoms with Gasteiger partial charge in [-0.05, 0) is 25.7 Å². The van der Waals surface area contributed by atoms with Crippen LogP contribution in [0.1, 0.15) is 489 Å². The summed E-state index contributed by atoms with van der Waals surface area (Å²) in [6, 6.07) is -0.535. The van der Waals surface area contributed by atoms with Crippen LogP contribution in [-0.4, -0.2) is 47.4 Å². The van der Waals surface area contributed by atoms with E-state index < -0.39 is 12.1 Å². The average Bonchev–Trinajstić information content (AvgIpc) is 3.59. The second kappa shape index (κ2) is 78.3. The first-order valence-electron chi connectivity index (χ1n) is 41.3. The van der Waals surface area contributed by atoms with Gasteiger partial charge < -0.3 is 20.3 Å². The number of carbonyl (C=O) groups is 2. The Morgan fingerprint density at radius 3 is 0.693 bits per heavy atom. The monoisotopic (exact) mass is 1240 g/mol. The predicted molar refractivity (Wildman–Crippen MR) is 389 cm³/mol. The summed E-state index contributed by atoms with van der Waals surface area (Å²) in [5.41, 5.74) is 0. The van der Waals surface area contributed by atoms with Gasteiger partial charge in [0.05, 0.1) is 25.4 Å². The van der Waals surface area contributed by atoms with Gasteiger partial charge in [-0.3, -0.25) is 9.59 Å². The average molecular weight is 1240 g/mol. The number of aliphatic hydroxyl groups excluding tert-OH is 2. The van der Waals surface area contributed by atoms with Crippen molar-refractivity contribution >= 4 is 11.9 Å². The van der Waals surface area contributed by atoms with Crippen molar-refractivity contribution in [3.63, 3.8) is 0 Å². The molecule has 0 aliphatic rings. The first-order valence-corrected chi connectivity index (χ1v) is 41.3. The molecule has 0 aromatic carbocycles. The zero-order chi connectivity index (χ0) is 63.5. The molecule has 88 heavy (non-hydrogen) atoms. The molecule has 0 aromatic heterocycles. The number of amides is 1. The van der Waals surface area contributed by atoms with Crippen LogP contribution in [0.25, 0.3) is 0 Å². The van der Waals surface area contributed by atoms with E-state index >= 15 is 0 Å². The van der Waals surface area contributed by atoms with Crippen molar-refractivity contribution in [3.8, 4) is 0 Å². The third-order valence-corrected chi connectivity index (χ3v) is 19.9. The van der Waals surface area contributed by atoms with Crippen LogP contribution in [0.5, 0.6) is 0 Å². The molecule has 0 saturated heterocycles. The topological polar surface area (TPSA) is 95.9 Å². The molecule has 1 amide bonds. The van der Waals surface area contributed by atoms with Gasteiger partial charge in [0, 0.05) is 12.8 Å². The molecule has 526 valence electrons. The number of esters is 1. The fraction of sp³-hybridized carbons (Fsp3) is 0.976. The largest absolute Gasteiger partial charge is 0.466 e. The molecule has 2 unspecified atom stereocenters. The molecule has 0 aromatic rings. The molecule has 2 atom stereocenters. The molecule has 0 heterocycles. The molecule has 0 rings (SSSR count). The minimum absolute atomic E-state index is 0.0244. The molecular formula is C82H163NO5. The van der Waals surface area contributed by atoms with Gasteiger partial charge in [0.1, 0.15) is 0 Å². The molecule has 0 spiro atoms. The number of hydrogen-bond donors (Lipinski definition) is 3. The number of hydrogen-bond acceptors (Lipinski definition) is 5. The minimum atomic E-state index is -0.659. The van der Waals surface area contributed by atoms with Gasteiger partial charge in [0.15, 0.2) is 0 Å². The summed E-state index contributed by atoms with van der Waals surface area (Å²) in [5.74, 6) is 0.00504.